The average molecular weight is 366 g/mol. The summed E-state index contributed by atoms with van der Waals surface area (Å²) in [5, 5.41) is 0.705. The number of halogens is 1. The van der Waals surface area contributed by atoms with E-state index in [1.54, 1.807) is 0 Å². The van der Waals surface area contributed by atoms with Crippen molar-refractivity contribution in [3.8, 4) is 11.4 Å². The Bertz CT molecular complexity index is 1100. The van der Waals surface area contributed by atoms with E-state index in [0.717, 1.165) is 59.7 Å². The molecule has 1 aliphatic rings. The molecule has 6 heteroatoms. The van der Waals surface area contributed by atoms with Crippen LogP contribution in [0.15, 0.2) is 48.5 Å². The molecule has 1 fully saturated rings. The summed E-state index contributed by atoms with van der Waals surface area (Å²) < 4.78 is 8.05. The fraction of sp³-hybridized carbons (Fsp3) is 0.250. The number of H-pyrrole nitrogens is 1. The average Bonchev–Trinajstić information content (AvgIpc) is 3.28. The van der Waals surface area contributed by atoms with Crippen LogP contribution in [0.2, 0.25) is 5.02 Å². The highest BCUT2D eigenvalue weighted by atomic mass is 35.5. The molecule has 1 N–H and O–H groups in total. The molecule has 0 spiro atoms. The van der Waals surface area contributed by atoms with E-state index in [1.165, 1.54) is 0 Å². The maximum absolute atomic E-state index is 6.22. The molecule has 2 aromatic heterocycles. The van der Waals surface area contributed by atoms with Crippen molar-refractivity contribution < 1.29 is 9.30 Å². The second-order valence-electron chi connectivity index (χ2n) is 6.61. The van der Waals surface area contributed by atoms with Gasteiger partial charge < -0.3 is 4.74 Å². The molecule has 0 bridgehead atoms. The summed E-state index contributed by atoms with van der Waals surface area (Å²) in [5.74, 6) is 0.952. The quantitative estimate of drug-likeness (QED) is 0.560. The van der Waals surface area contributed by atoms with Crippen molar-refractivity contribution in [1.82, 2.24) is 15.0 Å². The van der Waals surface area contributed by atoms with Crippen LogP contribution in [0, 0.1) is 0 Å². The maximum atomic E-state index is 6.22. The number of hydrogen-bond donors (Lipinski definition) is 1. The Balaban J connectivity index is 1.74. The van der Waals surface area contributed by atoms with E-state index in [9.17, 15) is 0 Å². The first-order valence-corrected chi connectivity index (χ1v) is 9.21. The highest BCUT2D eigenvalue weighted by molar-refractivity contribution is 6.30. The summed E-state index contributed by atoms with van der Waals surface area (Å²) >= 11 is 6.22. The lowest BCUT2D eigenvalue weighted by Gasteiger charge is -2.09. The lowest BCUT2D eigenvalue weighted by molar-refractivity contribution is -0.669. The standard InChI is InChI=1S/C20H17ClN4O/c21-14-6-3-5-13(11-14)19-24-18-20(25(19)12-15-7-4-10-26-15)23-17-9-2-1-8-16(17)22-18/h1-3,5-6,8-9,11,15H,4,7,10,12H2/p+1/t15-/m0/s1. The molecule has 2 aromatic carbocycles. The molecule has 0 aliphatic carbocycles. The Kier molecular flexibility index (Phi) is 3.84. The molecule has 5 nitrogen and oxygen atoms in total. The second kappa shape index (κ2) is 6.34. The molecule has 1 saturated heterocycles. The number of aromatic nitrogens is 4. The third-order valence-corrected chi connectivity index (χ3v) is 5.06. The summed E-state index contributed by atoms with van der Waals surface area (Å²) in [6.45, 7) is 1.57. The number of imidazole rings is 1. The van der Waals surface area contributed by atoms with E-state index in [4.69, 9.17) is 26.3 Å². The van der Waals surface area contributed by atoms with Crippen LogP contribution >= 0.6 is 11.6 Å². The van der Waals surface area contributed by atoms with Crippen molar-refractivity contribution in [3.63, 3.8) is 0 Å². The van der Waals surface area contributed by atoms with Gasteiger partial charge in [0.05, 0.1) is 12.6 Å². The Morgan fingerprint density at radius 2 is 1.96 bits per heavy atom. The van der Waals surface area contributed by atoms with Gasteiger partial charge in [-0.1, -0.05) is 34.8 Å². The van der Waals surface area contributed by atoms with E-state index in [2.05, 4.69) is 9.55 Å². The van der Waals surface area contributed by atoms with Crippen LogP contribution in [0.5, 0.6) is 0 Å². The SMILES string of the molecule is Clc1cccc(-c2[nH]c3nc4ccccc4nc3[n+]2C[C@@H]2CCCO2)c1. The summed E-state index contributed by atoms with van der Waals surface area (Å²) in [6, 6.07) is 15.8. The first-order valence-electron chi connectivity index (χ1n) is 8.84. The largest absolute Gasteiger partial charge is 0.375 e. The number of hydrogen-bond acceptors (Lipinski definition) is 3. The summed E-state index contributed by atoms with van der Waals surface area (Å²) in [4.78, 5) is 13.1. The van der Waals surface area contributed by atoms with Crippen LogP contribution in [-0.4, -0.2) is 27.7 Å². The molecular weight excluding hydrogens is 348 g/mol. The van der Waals surface area contributed by atoms with Gasteiger partial charge in [-0.2, -0.15) is 0 Å². The Morgan fingerprint density at radius 1 is 1.12 bits per heavy atom. The van der Waals surface area contributed by atoms with Crippen molar-refractivity contribution in [1.29, 1.82) is 0 Å². The fourth-order valence-corrected chi connectivity index (χ4v) is 3.77. The number of nitrogens with one attached hydrogen (secondary N) is 1. The molecular formula is C20H18ClN4O+. The molecule has 0 unspecified atom stereocenters. The minimum absolute atomic E-state index is 0.199. The van der Waals surface area contributed by atoms with Gasteiger partial charge >= 0.3 is 5.65 Å². The monoisotopic (exact) mass is 365 g/mol. The second-order valence-corrected chi connectivity index (χ2v) is 7.05. The third kappa shape index (κ3) is 2.73. The maximum Gasteiger partial charge on any atom is 0.323 e. The number of benzene rings is 2. The molecule has 1 aliphatic heterocycles. The highest BCUT2D eigenvalue weighted by Gasteiger charge is 2.27. The van der Waals surface area contributed by atoms with E-state index >= 15 is 0 Å². The van der Waals surface area contributed by atoms with Gasteiger partial charge in [-0.25, -0.2) is 9.55 Å². The zero-order chi connectivity index (χ0) is 17.5. The number of ether oxygens (including phenoxy) is 1. The number of nitrogens with zero attached hydrogens (tertiary/aromatic N) is 3. The first-order chi connectivity index (χ1) is 12.8. The van der Waals surface area contributed by atoms with Gasteiger partial charge in [-0.15, -0.1) is 0 Å². The minimum atomic E-state index is 0.199. The van der Waals surface area contributed by atoms with Crippen LogP contribution in [0.25, 0.3) is 33.7 Å². The van der Waals surface area contributed by atoms with Gasteiger partial charge in [0.2, 0.25) is 5.82 Å². The van der Waals surface area contributed by atoms with Crippen molar-refractivity contribution in [2.24, 2.45) is 0 Å². The van der Waals surface area contributed by atoms with Gasteiger partial charge in [0.1, 0.15) is 5.52 Å². The Morgan fingerprint density at radius 3 is 2.73 bits per heavy atom. The zero-order valence-electron chi connectivity index (χ0n) is 14.2. The van der Waals surface area contributed by atoms with Crippen LogP contribution in [-0.2, 0) is 11.3 Å². The van der Waals surface area contributed by atoms with Crippen LogP contribution in [0.1, 0.15) is 12.8 Å². The molecule has 5 rings (SSSR count). The van der Waals surface area contributed by atoms with Crippen molar-refractivity contribution in [3.05, 3.63) is 53.6 Å². The van der Waals surface area contributed by atoms with E-state index < -0.39 is 0 Å². The van der Waals surface area contributed by atoms with Gasteiger partial charge in [0, 0.05) is 17.2 Å². The van der Waals surface area contributed by atoms with Gasteiger partial charge in [-0.05, 0) is 43.2 Å². The number of fused-ring (bicyclic) bond motifs is 2. The van der Waals surface area contributed by atoms with E-state index in [0.29, 0.717) is 5.02 Å². The lowest BCUT2D eigenvalue weighted by atomic mass is 10.2. The predicted octanol–water partition coefficient (Wildman–Crippen LogP) is 3.90. The molecule has 130 valence electrons. The van der Waals surface area contributed by atoms with E-state index in [-0.39, 0.29) is 6.10 Å². The molecule has 0 radical (unpaired) electrons. The number of para-hydroxylation sites is 2. The van der Waals surface area contributed by atoms with Gasteiger partial charge in [0.15, 0.2) is 5.52 Å². The third-order valence-electron chi connectivity index (χ3n) is 4.82. The molecule has 0 amide bonds. The topological polar surface area (TPSA) is 54.7 Å². The summed E-state index contributed by atoms with van der Waals surface area (Å²) in [6.07, 6.45) is 2.37. The molecule has 4 aromatic rings. The van der Waals surface area contributed by atoms with Crippen molar-refractivity contribution >= 4 is 33.9 Å². The first kappa shape index (κ1) is 15.7. The van der Waals surface area contributed by atoms with Crippen molar-refractivity contribution in [2.75, 3.05) is 6.61 Å². The zero-order valence-corrected chi connectivity index (χ0v) is 14.9. The highest BCUT2D eigenvalue weighted by Crippen LogP contribution is 2.23. The molecule has 3 heterocycles. The normalized spacial score (nSPS) is 17.3. The predicted molar refractivity (Wildman–Crippen MR) is 101 cm³/mol. The Labute approximate surface area is 155 Å². The van der Waals surface area contributed by atoms with Crippen LogP contribution < -0.4 is 4.57 Å². The smallest absolute Gasteiger partial charge is 0.323 e. The minimum Gasteiger partial charge on any atom is -0.375 e. The Hall–Kier alpha value is -2.50. The number of rotatable bonds is 3. The van der Waals surface area contributed by atoms with Crippen molar-refractivity contribution in [2.45, 2.75) is 25.5 Å². The van der Waals surface area contributed by atoms with Gasteiger partial charge in [0.25, 0.3) is 5.65 Å². The van der Waals surface area contributed by atoms with E-state index in [1.807, 2.05) is 48.5 Å². The van der Waals surface area contributed by atoms with Crippen LogP contribution in [0.3, 0.4) is 0 Å². The van der Waals surface area contributed by atoms with Gasteiger partial charge in [-0.3, -0.25) is 4.98 Å². The molecule has 1 atom stereocenters. The summed E-state index contributed by atoms with van der Waals surface area (Å²) in [5.41, 5.74) is 4.39. The number of aromatic amines is 1. The fourth-order valence-electron chi connectivity index (χ4n) is 3.58. The lowest BCUT2D eigenvalue weighted by Crippen LogP contribution is -2.41. The molecule has 0 saturated carbocycles. The summed E-state index contributed by atoms with van der Waals surface area (Å²) in [7, 11) is 0. The molecule has 26 heavy (non-hydrogen) atoms. The van der Waals surface area contributed by atoms with Crippen LogP contribution in [0.4, 0.5) is 0 Å².